The maximum absolute atomic E-state index is 12.3. The minimum absolute atomic E-state index is 0. The van der Waals surface area contributed by atoms with Crippen LogP contribution in [0.1, 0.15) is 12.8 Å². The first-order valence-electron chi connectivity index (χ1n) is 8.37. The molecule has 2 rings (SSSR count). The summed E-state index contributed by atoms with van der Waals surface area (Å²) >= 11 is 5.97. The molecule has 4 N–H and O–H groups in total. The molecular formula is C17H26Cl2N4O3. The number of likely N-dealkylation sites (tertiary alicyclic amines) is 1. The van der Waals surface area contributed by atoms with E-state index in [1.165, 1.54) is 7.11 Å². The van der Waals surface area contributed by atoms with Gasteiger partial charge in [-0.05, 0) is 37.6 Å². The molecule has 26 heavy (non-hydrogen) atoms. The average Bonchev–Trinajstić information content (AvgIpc) is 2.60. The maximum Gasteiger partial charge on any atom is 0.238 e. The molecule has 146 valence electrons. The number of nitrogens with one attached hydrogen (secondary N) is 2. The van der Waals surface area contributed by atoms with Crippen LogP contribution in [0.4, 0.5) is 5.69 Å². The second-order valence-corrected chi connectivity index (χ2v) is 6.48. The molecule has 0 aliphatic carbocycles. The molecule has 1 aliphatic rings. The first-order chi connectivity index (χ1) is 12.0. The monoisotopic (exact) mass is 404 g/mol. The Balaban J connectivity index is 0.00000338. The SMILES string of the molecule is COc1ccc(Cl)cc1NC(=O)CN1CCCC(C(=O)NCCN)C1.Cl. The highest BCUT2D eigenvalue weighted by atomic mass is 35.5. The van der Waals surface area contributed by atoms with Crippen LogP contribution in [0.5, 0.6) is 5.75 Å². The lowest BCUT2D eigenvalue weighted by atomic mass is 9.97. The van der Waals surface area contributed by atoms with Gasteiger partial charge in [-0.3, -0.25) is 14.5 Å². The van der Waals surface area contributed by atoms with Gasteiger partial charge >= 0.3 is 0 Å². The number of ether oxygens (including phenoxy) is 1. The number of rotatable bonds is 7. The van der Waals surface area contributed by atoms with Gasteiger partial charge in [-0.15, -0.1) is 12.4 Å². The van der Waals surface area contributed by atoms with Gasteiger partial charge in [-0.1, -0.05) is 11.6 Å². The predicted molar refractivity (Wildman–Crippen MR) is 105 cm³/mol. The summed E-state index contributed by atoms with van der Waals surface area (Å²) < 4.78 is 5.23. The standard InChI is InChI=1S/C17H25ClN4O3.ClH/c1-25-15-5-4-13(18)9-14(15)21-16(23)11-22-8-2-3-12(10-22)17(24)20-7-6-19;/h4-5,9,12H,2-3,6-8,10-11,19H2,1H3,(H,20,24)(H,21,23);1H. The van der Waals surface area contributed by atoms with Crippen molar-refractivity contribution in [2.45, 2.75) is 12.8 Å². The Morgan fingerprint density at radius 1 is 1.42 bits per heavy atom. The third kappa shape index (κ3) is 6.64. The van der Waals surface area contributed by atoms with E-state index in [0.29, 0.717) is 36.1 Å². The van der Waals surface area contributed by atoms with Crippen LogP contribution in [0.25, 0.3) is 0 Å². The van der Waals surface area contributed by atoms with Crippen molar-refractivity contribution in [1.82, 2.24) is 10.2 Å². The van der Waals surface area contributed by atoms with Crippen molar-refractivity contribution < 1.29 is 14.3 Å². The number of hydrogen-bond donors (Lipinski definition) is 3. The number of carbonyl (C=O) groups excluding carboxylic acids is 2. The van der Waals surface area contributed by atoms with Crippen LogP contribution in [0.3, 0.4) is 0 Å². The van der Waals surface area contributed by atoms with Crippen LogP contribution in [-0.2, 0) is 9.59 Å². The second-order valence-electron chi connectivity index (χ2n) is 6.05. The zero-order valence-electron chi connectivity index (χ0n) is 14.8. The number of carbonyl (C=O) groups is 2. The van der Waals surface area contributed by atoms with Crippen molar-refractivity contribution in [3.8, 4) is 5.75 Å². The number of hydrogen-bond acceptors (Lipinski definition) is 5. The number of anilines is 1. The quantitative estimate of drug-likeness (QED) is 0.639. The molecule has 2 amide bonds. The number of piperidine rings is 1. The van der Waals surface area contributed by atoms with Crippen LogP contribution < -0.4 is 21.1 Å². The molecule has 7 nitrogen and oxygen atoms in total. The summed E-state index contributed by atoms with van der Waals surface area (Å²) in [5.74, 6) is 0.292. The summed E-state index contributed by atoms with van der Waals surface area (Å²) in [5, 5.41) is 6.15. The fraction of sp³-hybridized carbons (Fsp3) is 0.529. The molecule has 1 fully saturated rings. The van der Waals surface area contributed by atoms with E-state index in [1.807, 2.05) is 4.90 Å². The highest BCUT2D eigenvalue weighted by molar-refractivity contribution is 6.31. The number of benzene rings is 1. The molecule has 0 spiro atoms. The van der Waals surface area contributed by atoms with Gasteiger partial charge in [0.1, 0.15) is 5.75 Å². The number of methoxy groups -OCH3 is 1. The van der Waals surface area contributed by atoms with E-state index in [-0.39, 0.29) is 36.7 Å². The van der Waals surface area contributed by atoms with Gasteiger partial charge in [0.25, 0.3) is 0 Å². The molecule has 9 heteroatoms. The molecule has 1 aromatic rings. The first kappa shape index (κ1) is 22.5. The van der Waals surface area contributed by atoms with Gasteiger partial charge in [0.15, 0.2) is 0 Å². The van der Waals surface area contributed by atoms with Crippen molar-refractivity contribution >= 4 is 41.5 Å². The van der Waals surface area contributed by atoms with Crippen LogP contribution in [0, 0.1) is 5.92 Å². The van der Waals surface area contributed by atoms with Gasteiger partial charge in [-0.2, -0.15) is 0 Å². The summed E-state index contributed by atoms with van der Waals surface area (Å²) in [5.41, 5.74) is 5.95. The van der Waals surface area contributed by atoms with E-state index in [1.54, 1.807) is 18.2 Å². The van der Waals surface area contributed by atoms with E-state index in [2.05, 4.69) is 10.6 Å². The molecule has 1 atom stereocenters. The molecule has 1 unspecified atom stereocenters. The molecule has 0 bridgehead atoms. The first-order valence-corrected chi connectivity index (χ1v) is 8.74. The van der Waals surface area contributed by atoms with Crippen molar-refractivity contribution in [1.29, 1.82) is 0 Å². The minimum Gasteiger partial charge on any atom is -0.495 e. The smallest absolute Gasteiger partial charge is 0.238 e. The Morgan fingerprint density at radius 2 is 2.19 bits per heavy atom. The Labute approximate surface area is 165 Å². The molecule has 1 aromatic carbocycles. The third-order valence-electron chi connectivity index (χ3n) is 4.12. The molecule has 1 saturated heterocycles. The number of nitrogens with zero attached hydrogens (tertiary/aromatic N) is 1. The summed E-state index contributed by atoms with van der Waals surface area (Å²) in [4.78, 5) is 26.4. The Hall–Kier alpha value is -1.54. The highest BCUT2D eigenvalue weighted by Gasteiger charge is 2.26. The molecule has 0 radical (unpaired) electrons. The minimum atomic E-state index is -0.163. The van der Waals surface area contributed by atoms with Crippen LogP contribution in [-0.4, -0.2) is 56.5 Å². The molecular weight excluding hydrogens is 379 g/mol. The van der Waals surface area contributed by atoms with Gasteiger partial charge in [0.05, 0.1) is 25.3 Å². The number of halogens is 2. The lowest BCUT2D eigenvalue weighted by Gasteiger charge is -2.31. The third-order valence-corrected chi connectivity index (χ3v) is 4.36. The predicted octanol–water partition coefficient (Wildman–Crippen LogP) is 1.50. The summed E-state index contributed by atoms with van der Waals surface area (Å²) in [7, 11) is 1.54. The van der Waals surface area contributed by atoms with E-state index in [9.17, 15) is 9.59 Å². The lowest BCUT2D eigenvalue weighted by Crippen LogP contribution is -2.46. The molecule has 1 heterocycles. The average molecular weight is 405 g/mol. The van der Waals surface area contributed by atoms with Crippen LogP contribution >= 0.6 is 24.0 Å². The van der Waals surface area contributed by atoms with Crippen LogP contribution in [0.2, 0.25) is 5.02 Å². The summed E-state index contributed by atoms with van der Waals surface area (Å²) in [6.07, 6.45) is 1.71. The van der Waals surface area contributed by atoms with Crippen molar-refractivity contribution in [3.63, 3.8) is 0 Å². The van der Waals surface area contributed by atoms with Gasteiger partial charge in [0.2, 0.25) is 11.8 Å². The fourth-order valence-electron chi connectivity index (χ4n) is 2.92. The normalized spacial score (nSPS) is 17.1. The van der Waals surface area contributed by atoms with Gasteiger partial charge in [0, 0.05) is 24.7 Å². The molecule has 1 aliphatic heterocycles. The van der Waals surface area contributed by atoms with E-state index >= 15 is 0 Å². The second kappa shape index (κ2) is 11.2. The van der Waals surface area contributed by atoms with Crippen molar-refractivity contribution in [3.05, 3.63) is 23.2 Å². The largest absolute Gasteiger partial charge is 0.495 e. The van der Waals surface area contributed by atoms with Crippen molar-refractivity contribution in [2.75, 3.05) is 45.2 Å². The van der Waals surface area contributed by atoms with Gasteiger partial charge < -0.3 is 21.1 Å². The van der Waals surface area contributed by atoms with E-state index < -0.39 is 0 Å². The van der Waals surface area contributed by atoms with Gasteiger partial charge in [-0.25, -0.2) is 0 Å². The topological polar surface area (TPSA) is 96.7 Å². The maximum atomic E-state index is 12.3. The van der Waals surface area contributed by atoms with E-state index in [0.717, 1.165) is 19.4 Å². The summed E-state index contributed by atoms with van der Waals surface area (Å²) in [6.45, 7) is 2.48. The molecule has 0 aromatic heterocycles. The van der Waals surface area contributed by atoms with Crippen LogP contribution in [0.15, 0.2) is 18.2 Å². The zero-order valence-corrected chi connectivity index (χ0v) is 16.4. The van der Waals surface area contributed by atoms with Crippen molar-refractivity contribution in [2.24, 2.45) is 11.7 Å². The molecule has 0 saturated carbocycles. The Kier molecular flexibility index (Phi) is 9.72. The number of amides is 2. The number of nitrogens with two attached hydrogens (primary N) is 1. The highest BCUT2D eigenvalue weighted by Crippen LogP contribution is 2.27. The fourth-order valence-corrected chi connectivity index (χ4v) is 3.10. The van der Waals surface area contributed by atoms with E-state index in [4.69, 9.17) is 22.1 Å². The lowest BCUT2D eigenvalue weighted by molar-refractivity contribution is -0.127. The Morgan fingerprint density at radius 3 is 2.88 bits per heavy atom. The zero-order chi connectivity index (χ0) is 18.2. The summed E-state index contributed by atoms with van der Waals surface area (Å²) in [6, 6.07) is 5.06. The Bertz CT molecular complexity index is 616.